The molecule has 2 amide bonds. The lowest BCUT2D eigenvalue weighted by molar-refractivity contribution is -0.137. The number of aromatic amines is 1. The Morgan fingerprint density at radius 2 is 2.00 bits per heavy atom. The standard InChI is InChI=1S/C28H30F3N5O3/c1-3-21(37)36-11-20(27(13-36)8-9-27)35-26(38)22-15(2)34-25-23(32-14-33-24(22)25)18-10-17(28(29,30)31)6-7-19(18)39-12-16-4-5-16/h6-7,10,14,16,20,34H,3-5,8-9,11-13H2,1-2H3,(H,35,38). The first-order valence-corrected chi connectivity index (χ1v) is 13.4. The van der Waals surface area contributed by atoms with Gasteiger partial charge in [-0.15, -0.1) is 0 Å². The van der Waals surface area contributed by atoms with Gasteiger partial charge in [-0.1, -0.05) is 6.92 Å². The molecule has 0 bridgehead atoms. The third-order valence-corrected chi connectivity index (χ3v) is 8.23. The topological polar surface area (TPSA) is 100 Å². The molecule has 2 aromatic heterocycles. The Balaban J connectivity index is 1.35. The van der Waals surface area contributed by atoms with Crippen molar-refractivity contribution >= 4 is 22.8 Å². The highest BCUT2D eigenvalue weighted by molar-refractivity contribution is 6.09. The van der Waals surface area contributed by atoms with E-state index in [9.17, 15) is 22.8 Å². The van der Waals surface area contributed by atoms with Gasteiger partial charge in [-0.05, 0) is 56.7 Å². The van der Waals surface area contributed by atoms with Crippen LogP contribution in [0.25, 0.3) is 22.3 Å². The molecule has 2 aliphatic carbocycles. The van der Waals surface area contributed by atoms with Crippen molar-refractivity contribution in [2.45, 2.75) is 58.2 Å². The van der Waals surface area contributed by atoms with Crippen molar-refractivity contribution in [3.63, 3.8) is 0 Å². The number of hydrogen-bond donors (Lipinski definition) is 2. The van der Waals surface area contributed by atoms with E-state index >= 15 is 0 Å². The van der Waals surface area contributed by atoms with Gasteiger partial charge >= 0.3 is 6.18 Å². The number of nitrogens with one attached hydrogen (secondary N) is 2. The first kappa shape index (κ1) is 25.6. The molecule has 3 aliphatic rings. The molecule has 39 heavy (non-hydrogen) atoms. The fourth-order valence-corrected chi connectivity index (χ4v) is 5.59. The lowest BCUT2D eigenvalue weighted by Crippen LogP contribution is -2.42. The average Bonchev–Trinajstić information content (AvgIpc) is 3.81. The van der Waals surface area contributed by atoms with Crippen molar-refractivity contribution in [1.29, 1.82) is 0 Å². The zero-order chi connectivity index (χ0) is 27.5. The Morgan fingerprint density at radius 1 is 1.23 bits per heavy atom. The fraction of sp³-hybridized carbons (Fsp3) is 0.500. The van der Waals surface area contributed by atoms with Gasteiger partial charge in [-0.2, -0.15) is 13.2 Å². The van der Waals surface area contributed by atoms with E-state index in [2.05, 4.69) is 20.3 Å². The second kappa shape index (κ2) is 9.24. The van der Waals surface area contributed by atoms with Gasteiger partial charge in [0.25, 0.3) is 5.91 Å². The number of likely N-dealkylation sites (tertiary alicyclic amines) is 1. The molecule has 1 unspecified atom stereocenters. The molecule has 11 heteroatoms. The number of carbonyl (C=O) groups excluding carboxylic acids is 2. The van der Waals surface area contributed by atoms with Crippen LogP contribution in [0, 0.1) is 18.3 Å². The number of benzene rings is 1. The number of rotatable bonds is 7. The van der Waals surface area contributed by atoms with E-state index < -0.39 is 11.7 Å². The quantitative estimate of drug-likeness (QED) is 0.445. The van der Waals surface area contributed by atoms with E-state index in [1.54, 1.807) is 6.92 Å². The number of hydrogen-bond acceptors (Lipinski definition) is 5. The Morgan fingerprint density at radius 3 is 2.67 bits per heavy atom. The maximum atomic E-state index is 13.6. The van der Waals surface area contributed by atoms with Crippen LogP contribution in [-0.4, -0.2) is 57.4 Å². The molecule has 2 saturated carbocycles. The van der Waals surface area contributed by atoms with Crippen LogP contribution >= 0.6 is 0 Å². The summed E-state index contributed by atoms with van der Waals surface area (Å²) in [5.41, 5.74) is 1.05. The van der Waals surface area contributed by atoms with Crippen LogP contribution in [0.1, 0.15) is 60.6 Å². The number of ether oxygens (including phenoxy) is 1. The monoisotopic (exact) mass is 541 g/mol. The van der Waals surface area contributed by atoms with Crippen LogP contribution in [0.3, 0.4) is 0 Å². The molecule has 1 aliphatic heterocycles. The summed E-state index contributed by atoms with van der Waals surface area (Å²) in [5.74, 6) is 0.442. The van der Waals surface area contributed by atoms with Gasteiger partial charge in [0.15, 0.2) is 0 Å². The molecule has 206 valence electrons. The number of nitrogens with zero attached hydrogens (tertiary/aromatic N) is 3. The first-order valence-electron chi connectivity index (χ1n) is 13.4. The van der Waals surface area contributed by atoms with Gasteiger partial charge in [0.05, 0.1) is 29.3 Å². The summed E-state index contributed by atoms with van der Waals surface area (Å²) >= 11 is 0. The number of H-pyrrole nitrogens is 1. The highest BCUT2D eigenvalue weighted by Gasteiger charge is 2.56. The van der Waals surface area contributed by atoms with Gasteiger partial charge in [-0.3, -0.25) is 9.59 Å². The molecule has 6 rings (SSSR count). The second-order valence-electron chi connectivity index (χ2n) is 11.1. The summed E-state index contributed by atoms with van der Waals surface area (Å²) in [6.07, 6.45) is 1.10. The van der Waals surface area contributed by atoms with E-state index in [0.717, 1.165) is 37.8 Å². The predicted octanol–water partition coefficient (Wildman–Crippen LogP) is 4.87. The van der Waals surface area contributed by atoms with E-state index in [1.165, 1.54) is 12.4 Å². The van der Waals surface area contributed by atoms with Gasteiger partial charge < -0.3 is 19.9 Å². The Hall–Kier alpha value is -3.63. The molecule has 3 aromatic rings. The van der Waals surface area contributed by atoms with Gasteiger partial charge in [0.2, 0.25) is 5.91 Å². The molecular formula is C28H30F3N5O3. The Labute approximate surface area is 223 Å². The number of aryl methyl sites for hydroxylation is 1. The zero-order valence-electron chi connectivity index (χ0n) is 21.8. The number of halogens is 3. The first-order chi connectivity index (χ1) is 18.6. The number of alkyl halides is 3. The van der Waals surface area contributed by atoms with Crippen LogP contribution in [0.5, 0.6) is 5.75 Å². The number of carbonyl (C=O) groups is 2. The molecule has 1 aromatic carbocycles. The highest BCUT2D eigenvalue weighted by Crippen LogP contribution is 2.53. The smallest absolute Gasteiger partial charge is 0.416 e. The minimum atomic E-state index is -4.54. The third-order valence-electron chi connectivity index (χ3n) is 8.23. The van der Waals surface area contributed by atoms with E-state index in [0.29, 0.717) is 60.1 Å². The summed E-state index contributed by atoms with van der Waals surface area (Å²) in [6, 6.07) is 3.20. The van der Waals surface area contributed by atoms with E-state index in [-0.39, 0.29) is 34.5 Å². The summed E-state index contributed by atoms with van der Waals surface area (Å²) in [4.78, 5) is 39.5. The minimum absolute atomic E-state index is 0.0690. The summed E-state index contributed by atoms with van der Waals surface area (Å²) in [6.45, 7) is 5.08. The van der Waals surface area contributed by atoms with Crippen LogP contribution in [0.2, 0.25) is 0 Å². The Bertz CT molecular complexity index is 1460. The number of aromatic nitrogens is 3. The molecule has 3 heterocycles. The number of amides is 2. The van der Waals surface area contributed by atoms with Gasteiger partial charge in [0, 0.05) is 36.2 Å². The van der Waals surface area contributed by atoms with Gasteiger partial charge in [0.1, 0.15) is 23.3 Å². The summed E-state index contributed by atoms with van der Waals surface area (Å²) in [5, 5.41) is 3.13. The zero-order valence-corrected chi connectivity index (χ0v) is 21.8. The van der Waals surface area contributed by atoms with Crippen molar-refractivity contribution < 1.29 is 27.5 Å². The van der Waals surface area contributed by atoms with Gasteiger partial charge in [-0.25, -0.2) is 9.97 Å². The van der Waals surface area contributed by atoms with Crippen LogP contribution < -0.4 is 10.1 Å². The maximum absolute atomic E-state index is 13.6. The van der Waals surface area contributed by atoms with Crippen LogP contribution in [-0.2, 0) is 11.0 Å². The van der Waals surface area contributed by atoms with E-state index in [4.69, 9.17) is 4.74 Å². The van der Waals surface area contributed by atoms with Crippen molar-refractivity contribution in [2.24, 2.45) is 11.3 Å². The molecule has 3 fully saturated rings. The van der Waals surface area contributed by atoms with Crippen LogP contribution in [0.15, 0.2) is 24.5 Å². The lowest BCUT2D eigenvalue weighted by Gasteiger charge is -2.18. The Kier molecular flexibility index (Phi) is 6.07. The largest absolute Gasteiger partial charge is 0.493 e. The SMILES string of the molecule is CCC(=O)N1CC(NC(=O)c2c(C)[nH]c3c(-c4cc(C(F)(F)F)ccc4OCC4CC4)ncnc23)C2(CC2)C1. The predicted molar refractivity (Wildman–Crippen MR) is 137 cm³/mol. The lowest BCUT2D eigenvalue weighted by atomic mass is 10.00. The van der Waals surface area contributed by atoms with Crippen molar-refractivity contribution in [3.8, 4) is 17.0 Å². The molecule has 1 saturated heterocycles. The van der Waals surface area contributed by atoms with Crippen molar-refractivity contribution in [1.82, 2.24) is 25.2 Å². The molecule has 1 spiro atoms. The summed E-state index contributed by atoms with van der Waals surface area (Å²) < 4.78 is 46.8. The van der Waals surface area contributed by atoms with Crippen molar-refractivity contribution in [3.05, 3.63) is 41.3 Å². The molecule has 0 radical (unpaired) electrons. The van der Waals surface area contributed by atoms with Crippen LogP contribution in [0.4, 0.5) is 13.2 Å². The molecule has 1 atom stereocenters. The third kappa shape index (κ3) is 4.72. The summed E-state index contributed by atoms with van der Waals surface area (Å²) in [7, 11) is 0. The minimum Gasteiger partial charge on any atom is -0.493 e. The van der Waals surface area contributed by atoms with E-state index in [1.807, 2.05) is 11.8 Å². The average molecular weight is 542 g/mol. The fourth-order valence-electron chi connectivity index (χ4n) is 5.59. The van der Waals surface area contributed by atoms with Crippen molar-refractivity contribution in [2.75, 3.05) is 19.7 Å². The normalized spacial score (nSPS) is 20.0. The number of fused-ring (bicyclic) bond motifs is 1. The molecular weight excluding hydrogens is 511 g/mol. The highest BCUT2D eigenvalue weighted by atomic mass is 19.4. The molecule has 2 N–H and O–H groups in total. The second-order valence-corrected chi connectivity index (χ2v) is 11.1. The molecule has 8 nitrogen and oxygen atoms in total. The maximum Gasteiger partial charge on any atom is 0.416 e.